The highest BCUT2D eigenvalue weighted by Gasteiger charge is 2.36. The Morgan fingerprint density at radius 1 is 0.842 bits per heavy atom. The van der Waals surface area contributed by atoms with Crippen molar-refractivity contribution in [2.45, 2.75) is 12.5 Å². The molecule has 0 aliphatic carbocycles. The minimum atomic E-state index is -5.04. The topological polar surface area (TPSA) is 9.23 Å². The predicted octanol–water partition coefficient (Wildman–Crippen LogP) is 4.76. The molecule has 1 nitrogen and oxygen atoms in total. The van der Waals surface area contributed by atoms with Crippen molar-refractivity contribution in [3.8, 4) is 5.75 Å². The minimum absolute atomic E-state index is 0.0246. The zero-order chi connectivity index (χ0) is 14.3. The molecule has 0 fully saturated rings. The molecule has 19 heavy (non-hydrogen) atoms. The molecular formula is C12H6F6O. The van der Waals surface area contributed by atoms with Gasteiger partial charge < -0.3 is 4.74 Å². The van der Waals surface area contributed by atoms with E-state index in [2.05, 4.69) is 4.74 Å². The van der Waals surface area contributed by atoms with Gasteiger partial charge in [-0.3, -0.25) is 0 Å². The molecule has 2 aromatic carbocycles. The summed E-state index contributed by atoms with van der Waals surface area (Å²) in [5.41, 5.74) is -1.16. The van der Waals surface area contributed by atoms with Crippen LogP contribution in [0.3, 0.4) is 0 Å². The lowest BCUT2D eigenvalue weighted by molar-refractivity contribution is -0.274. The lowest BCUT2D eigenvalue weighted by atomic mass is 10.0. The van der Waals surface area contributed by atoms with Crippen LogP contribution in [0, 0.1) is 0 Å². The largest absolute Gasteiger partial charge is 0.573 e. The Labute approximate surface area is 103 Å². The average molecular weight is 280 g/mol. The SMILES string of the molecule is FC(F)(F)Oc1cc(C(F)(F)F)c2ccccc2c1. The van der Waals surface area contributed by atoms with E-state index in [1.165, 1.54) is 24.3 Å². The lowest BCUT2D eigenvalue weighted by Gasteiger charge is -2.14. The molecular weight excluding hydrogens is 274 g/mol. The molecule has 0 heterocycles. The number of benzene rings is 2. The third kappa shape index (κ3) is 3.10. The number of alkyl halides is 6. The van der Waals surface area contributed by atoms with E-state index in [0.29, 0.717) is 6.07 Å². The normalized spacial score (nSPS) is 12.7. The van der Waals surface area contributed by atoms with E-state index < -0.39 is 23.9 Å². The van der Waals surface area contributed by atoms with Crippen LogP contribution in [0.15, 0.2) is 36.4 Å². The number of hydrogen-bond donors (Lipinski definition) is 0. The van der Waals surface area contributed by atoms with Gasteiger partial charge >= 0.3 is 12.5 Å². The van der Waals surface area contributed by atoms with Gasteiger partial charge in [0, 0.05) is 0 Å². The second kappa shape index (κ2) is 4.32. The highest BCUT2D eigenvalue weighted by Crippen LogP contribution is 2.38. The van der Waals surface area contributed by atoms with Gasteiger partial charge in [0.05, 0.1) is 5.56 Å². The van der Waals surface area contributed by atoms with Crippen molar-refractivity contribution in [2.24, 2.45) is 0 Å². The Kier molecular flexibility index (Phi) is 3.07. The lowest BCUT2D eigenvalue weighted by Crippen LogP contribution is -2.17. The zero-order valence-corrected chi connectivity index (χ0v) is 9.14. The summed E-state index contributed by atoms with van der Waals surface area (Å²) in [5.74, 6) is -0.890. The molecule has 0 unspecified atom stereocenters. The minimum Gasteiger partial charge on any atom is -0.406 e. The second-order valence-corrected chi connectivity index (χ2v) is 3.74. The monoisotopic (exact) mass is 280 g/mol. The Morgan fingerprint density at radius 2 is 1.47 bits per heavy atom. The number of rotatable bonds is 1. The molecule has 0 aliphatic heterocycles. The number of ether oxygens (including phenoxy) is 1. The molecule has 0 spiro atoms. The van der Waals surface area contributed by atoms with Gasteiger partial charge in [0.1, 0.15) is 5.75 Å². The molecule has 0 saturated heterocycles. The molecule has 0 N–H and O–H groups in total. The van der Waals surface area contributed by atoms with Gasteiger partial charge in [-0.05, 0) is 22.9 Å². The van der Waals surface area contributed by atoms with Crippen molar-refractivity contribution < 1.29 is 31.1 Å². The molecule has 0 atom stereocenters. The van der Waals surface area contributed by atoms with E-state index in [9.17, 15) is 26.3 Å². The third-order valence-corrected chi connectivity index (χ3v) is 2.37. The van der Waals surface area contributed by atoms with Gasteiger partial charge in [-0.2, -0.15) is 13.2 Å². The summed E-state index contributed by atoms with van der Waals surface area (Å²) >= 11 is 0. The number of halogens is 6. The van der Waals surface area contributed by atoms with Crippen molar-refractivity contribution in [1.82, 2.24) is 0 Å². The van der Waals surface area contributed by atoms with E-state index in [0.717, 1.165) is 6.07 Å². The van der Waals surface area contributed by atoms with E-state index in [1.54, 1.807) is 0 Å². The maximum atomic E-state index is 12.8. The molecule has 0 amide bonds. The van der Waals surface area contributed by atoms with Gasteiger partial charge in [0.2, 0.25) is 0 Å². The van der Waals surface area contributed by atoms with Crippen LogP contribution in [0.4, 0.5) is 26.3 Å². The van der Waals surface area contributed by atoms with Crippen LogP contribution >= 0.6 is 0 Å². The van der Waals surface area contributed by atoms with Crippen molar-refractivity contribution in [1.29, 1.82) is 0 Å². The van der Waals surface area contributed by atoms with Gasteiger partial charge in [-0.25, -0.2) is 0 Å². The Balaban J connectivity index is 2.64. The fourth-order valence-electron chi connectivity index (χ4n) is 1.71. The average Bonchev–Trinajstić information content (AvgIpc) is 2.24. The summed E-state index contributed by atoms with van der Waals surface area (Å²) in [5, 5.41) is -0.152. The van der Waals surface area contributed by atoms with Crippen LogP contribution in [0.5, 0.6) is 5.75 Å². The molecule has 0 aliphatic rings. The highest BCUT2D eigenvalue weighted by molar-refractivity contribution is 5.87. The van der Waals surface area contributed by atoms with E-state index >= 15 is 0 Å². The van der Waals surface area contributed by atoms with E-state index in [1.807, 2.05) is 0 Å². The highest BCUT2D eigenvalue weighted by atomic mass is 19.4. The molecule has 0 saturated carbocycles. The molecule has 0 bridgehead atoms. The predicted molar refractivity (Wildman–Crippen MR) is 55.6 cm³/mol. The summed E-state index contributed by atoms with van der Waals surface area (Å²) < 4.78 is 78.1. The van der Waals surface area contributed by atoms with Crippen molar-refractivity contribution in [2.75, 3.05) is 0 Å². The summed E-state index contributed by atoms with van der Waals surface area (Å²) in [6, 6.07) is 6.54. The van der Waals surface area contributed by atoms with Gasteiger partial charge in [0.15, 0.2) is 0 Å². The molecule has 0 aromatic heterocycles. The van der Waals surface area contributed by atoms with Gasteiger partial charge in [-0.15, -0.1) is 13.2 Å². The number of fused-ring (bicyclic) bond motifs is 1. The molecule has 2 aromatic rings. The van der Waals surface area contributed by atoms with E-state index in [4.69, 9.17) is 0 Å². The molecule has 7 heteroatoms. The standard InChI is InChI=1S/C12H6F6O/c13-11(14,15)10-6-8(19-12(16,17)18)5-7-3-1-2-4-9(7)10/h1-6H. The van der Waals surface area contributed by atoms with Crippen LogP contribution in [0.2, 0.25) is 0 Å². The fraction of sp³-hybridized carbons (Fsp3) is 0.167. The molecule has 102 valence electrons. The van der Waals surface area contributed by atoms with Crippen LogP contribution in [-0.2, 0) is 6.18 Å². The first kappa shape index (κ1) is 13.5. The van der Waals surface area contributed by atoms with Crippen molar-refractivity contribution in [3.63, 3.8) is 0 Å². The Morgan fingerprint density at radius 3 is 2.05 bits per heavy atom. The molecule has 0 radical (unpaired) electrons. The van der Waals surface area contributed by atoms with Crippen molar-refractivity contribution >= 4 is 10.8 Å². The quantitative estimate of drug-likeness (QED) is 0.684. The molecule has 2 rings (SSSR count). The smallest absolute Gasteiger partial charge is 0.406 e. The van der Waals surface area contributed by atoms with Crippen LogP contribution in [0.1, 0.15) is 5.56 Å². The second-order valence-electron chi connectivity index (χ2n) is 3.74. The van der Waals surface area contributed by atoms with E-state index in [-0.39, 0.29) is 10.8 Å². The summed E-state index contributed by atoms with van der Waals surface area (Å²) in [4.78, 5) is 0. The van der Waals surface area contributed by atoms with Crippen molar-refractivity contribution in [3.05, 3.63) is 42.0 Å². The maximum absolute atomic E-state index is 12.8. The third-order valence-electron chi connectivity index (χ3n) is 2.37. The van der Waals surface area contributed by atoms with Gasteiger partial charge in [0.25, 0.3) is 0 Å². The van der Waals surface area contributed by atoms with Crippen LogP contribution < -0.4 is 4.74 Å². The Bertz CT molecular complexity index is 599. The first-order valence-electron chi connectivity index (χ1n) is 5.02. The maximum Gasteiger partial charge on any atom is 0.573 e. The Hall–Kier alpha value is -1.92. The summed E-state index contributed by atoms with van der Waals surface area (Å²) in [6.07, 6.45) is -9.80. The zero-order valence-electron chi connectivity index (χ0n) is 9.14. The summed E-state index contributed by atoms with van der Waals surface area (Å²) in [6.45, 7) is 0. The van der Waals surface area contributed by atoms with Crippen LogP contribution in [0.25, 0.3) is 10.8 Å². The summed E-state index contributed by atoms with van der Waals surface area (Å²) in [7, 11) is 0. The number of hydrogen-bond acceptors (Lipinski definition) is 1. The van der Waals surface area contributed by atoms with Gasteiger partial charge in [-0.1, -0.05) is 24.3 Å². The van der Waals surface area contributed by atoms with Crippen LogP contribution in [-0.4, -0.2) is 6.36 Å². The fourth-order valence-corrected chi connectivity index (χ4v) is 1.71. The first-order valence-corrected chi connectivity index (χ1v) is 5.02. The first-order chi connectivity index (χ1) is 8.67.